The van der Waals surface area contributed by atoms with E-state index in [9.17, 15) is 0 Å². The van der Waals surface area contributed by atoms with Gasteiger partial charge in [0.25, 0.3) is 0 Å². The van der Waals surface area contributed by atoms with Gasteiger partial charge in [0.15, 0.2) is 0 Å². The number of para-hydroxylation sites is 1. The number of hydrogen-bond acceptors (Lipinski definition) is 2. The van der Waals surface area contributed by atoms with Crippen molar-refractivity contribution in [1.82, 2.24) is 0 Å². The first-order valence-electron chi connectivity index (χ1n) is 17.7. The molecule has 0 bridgehead atoms. The minimum atomic E-state index is 0.886. The molecule has 0 saturated carbocycles. The largest absolute Gasteiger partial charge is 0.456 e. The lowest BCUT2D eigenvalue weighted by Gasteiger charge is -2.26. The molecule has 0 N–H and O–H groups in total. The van der Waals surface area contributed by atoms with Crippen molar-refractivity contribution in [2.45, 2.75) is 0 Å². The maximum atomic E-state index is 6.22. The van der Waals surface area contributed by atoms with E-state index in [1.165, 1.54) is 49.4 Å². The number of rotatable bonds is 6. The van der Waals surface area contributed by atoms with Crippen molar-refractivity contribution in [2.75, 3.05) is 4.90 Å². The maximum Gasteiger partial charge on any atom is 0.135 e. The van der Waals surface area contributed by atoms with E-state index in [0.29, 0.717) is 0 Å². The molecular weight excluding hydrogens is 631 g/mol. The molecule has 2 heteroatoms. The highest BCUT2D eigenvalue weighted by atomic mass is 16.3. The van der Waals surface area contributed by atoms with Crippen molar-refractivity contribution in [3.05, 3.63) is 200 Å². The van der Waals surface area contributed by atoms with Crippen LogP contribution in [0.2, 0.25) is 0 Å². The number of hydrogen-bond donors (Lipinski definition) is 0. The van der Waals surface area contributed by atoms with Crippen LogP contribution in [-0.4, -0.2) is 0 Å². The van der Waals surface area contributed by atoms with Crippen molar-refractivity contribution in [1.29, 1.82) is 0 Å². The summed E-state index contributed by atoms with van der Waals surface area (Å²) in [4.78, 5) is 2.36. The molecule has 0 fully saturated rings. The second kappa shape index (κ2) is 12.5. The van der Waals surface area contributed by atoms with Gasteiger partial charge in [0.2, 0.25) is 0 Å². The number of benzene rings is 9. The van der Waals surface area contributed by atoms with Gasteiger partial charge in [-0.1, -0.05) is 133 Å². The van der Waals surface area contributed by atoms with Gasteiger partial charge in [0.05, 0.1) is 0 Å². The summed E-state index contributed by atoms with van der Waals surface area (Å²) in [6, 6.07) is 71.9. The van der Waals surface area contributed by atoms with Crippen LogP contribution in [0.5, 0.6) is 0 Å². The van der Waals surface area contributed by atoms with Gasteiger partial charge < -0.3 is 9.32 Å². The third-order valence-electron chi connectivity index (χ3n) is 10.2. The number of fused-ring (bicyclic) bond motifs is 5. The molecule has 0 spiro atoms. The number of nitrogens with zero attached hydrogens (tertiary/aromatic N) is 1. The third-order valence-corrected chi connectivity index (χ3v) is 10.2. The van der Waals surface area contributed by atoms with Gasteiger partial charge in [0.1, 0.15) is 11.2 Å². The highest BCUT2D eigenvalue weighted by Crippen LogP contribution is 2.41. The minimum Gasteiger partial charge on any atom is -0.456 e. The van der Waals surface area contributed by atoms with Crippen LogP contribution in [0.15, 0.2) is 205 Å². The van der Waals surface area contributed by atoms with Gasteiger partial charge in [-0.3, -0.25) is 0 Å². The molecule has 10 rings (SSSR count). The van der Waals surface area contributed by atoms with Crippen LogP contribution in [0.25, 0.3) is 76.9 Å². The van der Waals surface area contributed by atoms with Crippen molar-refractivity contribution < 1.29 is 4.42 Å². The van der Waals surface area contributed by atoms with Crippen LogP contribution >= 0.6 is 0 Å². The molecule has 1 heterocycles. The molecule has 9 aromatic carbocycles. The van der Waals surface area contributed by atoms with Crippen LogP contribution < -0.4 is 4.90 Å². The summed E-state index contributed by atoms with van der Waals surface area (Å²) in [7, 11) is 0. The Bertz CT molecular complexity index is 2920. The summed E-state index contributed by atoms with van der Waals surface area (Å²) in [6.07, 6.45) is 0. The molecule has 0 aliphatic rings. The van der Waals surface area contributed by atoms with E-state index in [1.54, 1.807) is 0 Å². The van der Waals surface area contributed by atoms with Gasteiger partial charge in [-0.05, 0) is 122 Å². The second-order valence-corrected chi connectivity index (χ2v) is 13.4. The molecule has 10 aromatic rings. The van der Waals surface area contributed by atoms with Crippen molar-refractivity contribution in [2.24, 2.45) is 0 Å². The normalized spacial score (nSPS) is 11.5. The molecule has 0 aliphatic carbocycles. The zero-order chi connectivity index (χ0) is 34.4. The van der Waals surface area contributed by atoms with Crippen LogP contribution in [0.4, 0.5) is 17.1 Å². The lowest BCUT2D eigenvalue weighted by atomic mass is 9.96. The fraction of sp³-hybridized carbons (Fsp3) is 0. The fourth-order valence-electron chi connectivity index (χ4n) is 7.55. The summed E-state index contributed by atoms with van der Waals surface area (Å²) < 4.78 is 6.22. The Morgan fingerprint density at radius 1 is 0.269 bits per heavy atom. The van der Waals surface area contributed by atoms with Crippen LogP contribution in [0.3, 0.4) is 0 Å². The lowest BCUT2D eigenvalue weighted by molar-refractivity contribution is 0.669. The molecular formula is C50H33NO. The first-order chi connectivity index (χ1) is 25.7. The van der Waals surface area contributed by atoms with Crippen LogP contribution in [0.1, 0.15) is 0 Å². The monoisotopic (exact) mass is 663 g/mol. The Labute approximate surface area is 302 Å². The lowest BCUT2D eigenvalue weighted by Crippen LogP contribution is -2.10. The quantitative estimate of drug-likeness (QED) is 0.176. The summed E-state index contributed by atoms with van der Waals surface area (Å²) in [5, 5.41) is 7.19. The minimum absolute atomic E-state index is 0.886. The van der Waals surface area contributed by atoms with Crippen molar-refractivity contribution in [3.8, 4) is 33.4 Å². The standard InChI is InChI=1S/C50H33NO/c1-2-10-34(11-3-1)37-14-8-16-44(31-37)51(46-26-27-50-48(33-46)47-18-6-7-19-49(47)52-50)45-17-9-15-38(32-45)39-22-23-43-30-42(25-24-41(43)29-39)40-21-20-35-12-4-5-13-36(35)28-40/h1-33H. The molecule has 2 nitrogen and oxygen atoms in total. The zero-order valence-corrected chi connectivity index (χ0v) is 28.4. The third kappa shape index (κ3) is 5.39. The first kappa shape index (κ1) is 30.0. The summed E-state index contributed by atoms with van der Waals surface area (Å²) in [5.74, 6) is 0. The highest BCUT2D eigenvalue weighted by Gasteiger charge is 2.17. The van der Waals surface area contributed by atoms with Crippen LogP contribution in [0, 0.1) is 0 Å². The molecule has 0 saturated heterocycles. The summed E-state index contributed by atoms with van der Waals surface area (Å²) in [5.41, 5.74) is 12.2. The molecule has 0 aliphatic heterocycles. The van der Waals surface area contributed by atoms with Gasteiger partial charge >= 0.3 is 0 Å². The van der Waals surface area contributed by atoms with Gasteiger partial charge in [-0.25, -0.2) is 0 Å². The molecule has 1 aromatic heterocycles. The number of furan rings is 1. The highest BCUT2D eigenvalue weighted by molar-refractivity contribution is 6.06. The average Bonchev–Trinajstić information content (AvgIpc) is 3.59. The molecule has 0 radical (unpaired) electrons. The predicted molar refractivity (Wildman–Crippen MR) is 220 cm³/mol. The van der Waals surface area contributed by atoms with E-state index in [2.05, 4.69) is 193 Å². The van der Waals surface area contributed by atoms with E-state index in [0.717, 1.165) is 44.6 Å². The molecule has 0 atom stereocenters. The Kier molecular flexibility index (Phi) is 7.18. The van der Waals surface area contributed by atoms with Crippen molar-refractivity contribution >= 4 is 60.5 Å². The van der Waals surface area contributed by atoms with E-state index >= 15 is 0 Å². The van der Waals surface area contributed by atoms with E-state index in [4.69, 9.17) is 4.42 Å². The smallest absolute Gasteiger partial charge is 0.135 e. The van der Waals surface area contributed by atoms with Gasteiger partial charge in [-0.15, -0.1) is 0 Å². The average molecular weight is 664 g/mol. The second-order valence-electron chi connectivity index (χ2n) is 13.4. The number of anilines is 3. The Balaban J connectivity index is 1.06. The zero-order valence-electron chi connectivity index (χ0n) is 28.4. The van der Waals surface area contributed by atoms with Crippen molar-refractivity contribution in [3.63, 3.8) is 0 Å². The van der Waals surface area contributed by atoms with E-state index < -0.39 is 0 Å². The molecule has 52 heavy (non-hydrogen) atoms. The fourth-order valence-corrected chi connectivity index (χ4v) is 7.55. The first-order valence-corrected chi connectivity index (χ1v) is 17.7. The summed E-state index contributed by atoms with van der Waals surface area (Å²) in [6.45, 7) is 0. The predicted octanol–water partition coefficient (Wildman–Crippen LogP) is 14.4. The molecule has 244 valence electrons. The maximum absolute atomic E-state index is 6.22. The Hall–Kier alpha value is -6.90. The Morgan fingerprint density at radius 2 is 0.750 bits per heavy atom. The van der Waals surface area contributed by atoms with Gasteiger partial charge in [-0.2, -0.15) is 0 Å². The van der Waals surface area contributed by atoms with E-state index in [-0.39, 0.29) is 0 Å². The summed E-state index contributed by atoms with van der Waals surface area (Å²) >= 11 is 0. The Morgan fingerprint density at radius 3 is 1.44 bits per heavy atom. The van der Waals surface area contributed by atoms with Crippen LogP contribution in [-0.2, 0) is 0 Å². The van der Waals surface area contributed by atoms with Gasteiger partial charge in [0, 0.05) is 27.8 Å². The van der Waals surface area contributed by atoms with E-state index in [1.807, 2.05) is 12.1 Å². The topological polar surface area (TPSA) is 16.4 Å². The SMILES string of the molecule is c1ccc(-c2cccc(N(c3cccc(-c4ccc5cc(-c6ccc7ccccc7c6)ccc5c4)c3)c3ccc4oc5ccccc5c4c3)c2)cc1. The molecule has 0 unspecified atom stereocenters. The molecule has 0 amide bonds.